The van der Waals surface area contributed by atoms with Gasteiger partial charge < -0.3 is 5.32 Å². The molecule has 3 nitrogen and oxygen atoms in total. The number of pyridine rings is 1. The van der Waals surface area contributed by atoms with Gasteiger partial charge in [0.05, 0.1) is 0 Å². The van der Waals surface area contributed by atoms with Crippen LogP contribution in [-0.4, -0.2) is 35.1 Å². The highest BCUT2D eigenvalue weighted by atomic mass is 15.2. The van der Waals surface area contributed by atoms with Crippen molar-refractivity contribution < 1.29 is 0 Å². The van der Waals surface area contributed by atoms with E-state index < -0.39 is 0 Å². The van der Waals surface area contributed by atoms with E-state index in [1.807, 2.05) is 25.5 Å². The summed E-state index contributed by atoms with van der Waals surface area (Å²) in [4.78, 5) is 6.70. The fourth-order valence-electron chi connectivity index (χ4n) is 2.49. The predicted molar refractivity (Wildman–Crippen MR) is 66.2 cm³/mol. The quantitative estimate of drug-likeness (QED) is 0.838. The fourth-order valence-corrected chi connectivity index (χ4v) is 2.49. The Morgan fingerprint density at radius 3 is 2.94 bits per heavy atom. The summed E-state index contributed by atoms with van der Waals surface area (Å²) >= 11 is 0. The lowest BCUT2D eigenvalue weighted by atomic mass is 10.00. The summed E-state index contributed by atoms with van der Waals surface area (Å²) in [6, 6.07) is 4.77. The van der Waals surface area contributed by atoms with Crippen molar-refractivity contribution in [1.29, 1.82) is 0 Å². The summed E-state index contributed by atoms with van der Waals surface area (Å²) in [6.07, 6.45) is 5.00. The molecular weight excluding hydrogens is 198 g/mol. The third kappa shape index (κ3) is 2.42. The maximum absolute atomic E-state index is 4.17. The minimum absolute atomic E-state index is 0.281. The van der Waals surface area contributed by atoms with Crippen LogP contribution in [0.3, 0.4) is 0 Å². The summed E-state index contributed by atoms with van der Waals surface area (Å²) in [6.45, 7) is 6.76. The summed E-state index contributed by atoms with van der Waals surface area (Å²) in [5.41, 5.74) is 1.58. The molecule has 1 atom stereocenters. The second-order valence-electron chi connectivity index (χ2n) is 5.24. The Kier molecular flexibility index (Phi) is 3.26. The van der Waals surface area contributed by atoms with Crippen molar-refractivity contribution in [3.8, 4) is 0 Å². The zero-order valence-corrected chi connectivity index (χ0v) is 10.4. The van der Waals surface area contributed by atoms with Gasteiger partial charge in [-0.15, -0.1) is 0 Å². The second kappa shape index (κ2) is 4.52. The molecule has 16 heavy (non-hydrogen) atoms. The molecule has 88 valence electrons. The maximum Gasteiger partial charge on any atom is 0.0312 e. The topological polar surface area (TPSA) is 28.2 Å². The molecule has 1 aromatic heterocycles. The predicted octanol–water partition coefficient (Wildman–Crippen LogP) is 1.65. The number of nitrogens with zero attached hydrogens (tertiary/aromatic N) is 2. The number of hydrogen-bond acceptors (Lipinski definition) is 3. The fraction of sp³-hybridized carbons (Fsp3) is 0.615. The van der Waals surface area contributed by atoms with Gasteiger partial charge in [-0.2, -0.15) is 0 Å². The van der Waals surface area contributed by atoms with E-state index in [0.29, 0.717) is 6.04 Å². The molecule has 1 aromatic rings. The van der Waals surface area contributed by atoms with Gasteiger partial charge in [0.2, 0.25) is 0 Å². The largest absolute Gasteiger partial charge is 0.316 e. The van der Waals surface area contributed by atoms with Crippen molar-refractivity contribution in [2.24, 2.45) is 0 Å². The Morgan fingerprint density at radius 1 is 1.56 bits per heavy atom. The van der Waals surface area contributed by atoms with Crippen LogP contribution in [0.15, 0.2) is 24.5 Å². The standard InChI is InChI=1S/C13H21N3/c1-13(2)7-12(14-3)10-16(13)9-11-5-4-6-15-8-11/h4-6,8,12,14H,7,9-10H2,1-3H3. The number of likely N-dealkylation sites (N-methyl/N-ethyl adjacent to an activating group) is 1. The van der Waals surface area contributed by atoms with Crippen molar-refractivity contribution in [1.82, 2.24) is 15.2 Å². The van der Waals surface area contributed by atoms with Crippen molar-refractivity contribution in [3.63, 3.8) is 0 Å². The van der Waals surface area contributed by atoms with Crippen LogP contribution in [-0.2, 0) is 6.54 Å². The highest BCUT2D eigenvalue weighted by Gasteiger charge is 2.37. The van der Waals surface area contributed by atoms with Gasteiger partial charge in [0.15, 0.2) is 0 Å². The van der Waals surface area contributed by atoms with Gasteiger partial charge in [-0.05, 0) is 38.9 Å². The van der Waals surface area contributed by atoms with E-state index >= 15 is 0 Å². The molecule has 0 radical (unpaired) electrons. The molecule has 0 saturated carbocycles. The minimum Gasteiger partial charge on any atom is -0.316 e. The molecule has 2 heterocycles. The first-order valence-electron chi connectivity index (χ1n) is 5.93. The Bertz CT molecular complexity index is 334. The molecule has 1 aliphatic heterocycles. The lowest BCUT2D eigenvalue weighted by Gasteiger charge is -2.31. The zero-order chi connectivity index (χ0) is 11.6. The van der Waals surface area contributed by atoms with Gasteiger partial charge in [0.25, 0.3) is 0 Å². The Hall–Kier alpha value is -0.930. The summed E-state index contributed by atoms with van der Waals surface area (Å²) in [5, 5.41) is 3.38. The molecular formula is C13H21N3. The normalized spacial score (nSPS) is 24.8. The van der Waals surface area contributed by atoms with Crippen molar-refractivity contribution in [2.75, 3.05) is 13.6 Å². The van der Waals surface area contributed by atoms with Crippen LogP contribution < -0.4 is 5.32 Å². The van der Waals surface area contributed by atoms with E-state index in [2.05, 4.69) is 35.1 Å². The van der Waals surface area contributed by atoms with Gasteiger partial charge >= 0.3 is 0 Å². The van der Waals surface area contributed by atoms with Crippen LogP contribution in [0.25, 0.3) is 0 Å². The number of hydrogen-bond donors (Lipinski definition) is 1. The third-order valence-electron chi connectivity index (χ3n) is 3.55. The lowest BCUT2D eigenvalue weighted by molar-refractivity contribution is 0.166. The average Bonchev–Trinajstić information content (AvgIpc) is 2.55. The van der Waals surface area contributed by atoms with Crippen LogP contribution in [0.5, 0.6) is 0 Å². The summed E-state index contributed by atoms with van der Waals surface area (Å²) in [7, 11) is 2.05. The molecule has 1 saturated heterocycles. The van der Waals surface area contributed by atoms with Gasteiger partial charge in [0.1, 0.15) is 0 Å². The van der Waals surface area contributed by atoms with Gasteiger partial charge in [0, 0.05) is 37.1 Å². The highest BCUT2D eigenvalue weighted by molar-refractivity contribution is 5.10. The van der Waals surface area contributed by atoms with Crippen molar-refractivity contribution in [3.05, 3.63) is 30.1 Å². The molecule has 0 amide bonds. The number of nitrogens with one attached hydrogen (secondary N) is 1. The van der Waals surface area contributed by atoms with Crippen molar-refractivity contribution in [2.45, 2.75) is 38.4 Å². The highest BCUT2D eigenvalue weighted by Crippen LogP contribution is 2.29. The van der Waals surface area contributed by atoms with E-state index in [-0.39, 0.29) is 5.54 Å². The van der Waals surface area contributed by atoms with Crippen LogP contribution in [0.4, 0.5) is 0 Å². The van der Waals surface area contributed by atoms with Crippen molar-refractivity contribution >= 4 is 0 Å². The Morgan fingerprint density at radius 2 is 2.38 bits per heavy atom. The molecule has 1 fully saturated rings. The molecule has 0 bridgehead atoms. The zero-order valence-electron chi connectivity index (χ0n) is 10.4. The molecule has 1 N–H and O–H groups in total. The molecule has 0 spiro atoms. The first kappa shape index (κ1) is 11.6. The molecule has 0 aromatic carbocycles. The number of aromatic nitrogens is 1. The van der Waals surface area contributed by atoms with E-state index in [0.717, 1.165) is 13.1 Å². The second-order valence-corrected chi connectivity index (χ2v) is 5.24. The van der Waals surface area contributed by atoms with Crippen LogP contribution in [0.1, 0.15) is 25.8 Å². The molecule has 3 heteroatoms. The number of rotatable bonds is 3. The first-order valence-corrected chi connectivity index (χ1v) is 5.93. The van der Waals surface area contributed by atoms with Gasteiger partial charge in [-0.3, -0.25) is 9.88 Å². The Labute approximate surface area is 97.9 Å². The maximum atomic E-state index is 4.17. The van der Waals surface area contributed by atoms with E-state index in [4.69, 9.17) is 0 Å². The summed E-state index contributed by atoms with van der Waals surface area (Å²) in [5.74, 6) is 0. The third-order valence-corrected chi connectivity index (χ3v) is 3.55. The molecule has 1 unspecified atom stereocenters. The van der Waals surface area contributed by atoms with Crippen LogP contribution >= 0.6 is 0 Å². The van der Waals surface area contributed by atoms with E-state index in [1.165, 1.54) is 12.0 Å². The Balaban J connectivity index is 2.05. The van der Waals surface area contributed by atoms with Gasteiger partial charge in [-0.25, -0.2) is 0 Å². The monoisotopic (exact) mass is 219 g/mol. The van der Waals surface area contributed by atoms with Crippen LogP contribution in [0.2, 0.25) is 0 Å². The molecule has 1 aliphatic rings. The SMILES string of the molecule is CNC1CN(Cc2cccnc2)C(C)(C)C1. The minimum atomic E-state index is 0.281. The van der Waals surface area contributed by atoms with E-state index in [1.54, 1.807) is 0 Å². The number of likely N-dealkylation sites (tertiary alicyclic amines) is 1. The smallest absolute Gasteiger partial charge is 0.0312 e. The first-order chi connectivity index (χ1) is 7.62. The van der Waals surface area contributed by atoms with E-state index in [9.17, 15) is 0 Å². The average molecular weight is 219 g/mol. The molecule has 0 aliphatic carbocycles. The molecule has 2 rings (SSSR count). The van der Waals surface area contributed by atoms with Crippen LogP contribution in [0, 0.1) is 0 Å². The summed E-state index contributed by atoms with van der Waals surface area (Å²) < 4.78 is 0. The lowest BCUT2D eigenvalue weighted by Crippen LogP contribution is -2.37. The van der Waals surface area contributed by atoms with Gasteiger partial charge in [-0.1, -0.05) is 6.07 Å².